The zero-order chi connectivity index (χ0) is 22.0. The van der Waals surface area contributed by atoms with E-state index < -0.39 is 22.4 Å². The molecule has 1 saturated heterocycles. The number of hydrogen-bond acceptors (Lipinski definition) is 8. The third-order valence-corrected chi connectivity index (χ3v) is 5.05. The van der Waals surface area contributed by atoms with Gasteiger partial charge < -0.3 is 19.7 Å². The number of para-hydroxylation sites is 1. The molecule has 9 nitrogen and oxygen atoms in total. The van der Waals surface area contributed by atoms with Crippen molar-refractivity contribution in [3.8, 4) is 0 Å². The summed E-state index contributed by atoms with van der Waals surface area (Å²) in [6.45, 7) is 2.14. The summed E-state index contributed by atoms with van der Waals surface area (Å²) < 4.78 is 24.3. The monoisotopic (exact) mass is 426 g/mol. The number of rotatable bonds is 5. The first-order valence-corrected chi connectivity index (χ1v) is 9.53. The van der Waals surface area contributed by atoms with Crippen molar-refractivity contribution in [2.45, 2.75) is 0 Å². The number of ether oxygens (including phenoxy) is 2. The third kappa shape index (κ3) is 3.97. The molecule has 31 heavy (non-hydrogen) atoms. The molecule has 1 aliphatic heterocycles. The maximum absolute atomic E-state index is 14.2. The normalized spacial score (nSPS) is 13.8. The van der Waals surface area contributed by atoms with Gasteiger partial charge in [0.15, 0.2) is 0 Å². The Morgan fingerprint density at radius 2 is 2.03 bits per heavy atom. The molecule has 0 unspecified atom stereocenters. The van der Waals surface area contributed by atoms with Crippen LogP contribution in [0.1, 0.15) is 10.4 Å². The zero-order valence-electron chi connectivity index (χ0n) is 16.6. The Kier molecular flexibility index (Phi) is 5.63. The molecule has 160 valence electrons. The zero-order valence-corrected chi connectivity index (χ0v) is 16.6. The number of carbonyl (C=O) groups excluding carboxylic acids is 1. The number of fused-ring (bicyclic) bond motifs is 1. The highest BCUT2D eigenvalue weighted by Gasteiger charge is 2.29. The predicted octanol–water partition coefficient (Wildman–Crippen LogP) is 3.65. The van der Waals surface area contributed by atoms with Crippen molar-refractivity contribution in [1.29, 1.82) is 0 Å². The number of methoxy groups -OCH3 is 1. The minimum atomic E-state index is -0.824. The number of esters is 1. The van der Waals surface area contributed by atoms with Gasteiger partial charge in [-0.3, -0.25) is 15.1 Å². The van der Waals surface area contributed by atoms with Gasteiger partial charge in [-0.2, -0.15) is 0 Å². The van der Waals surface area contributed by atoms with Crippen LogP contribution in [-0.2, 0) is 9.47 Å². The second-order valence-electron chi connectivity index (χ2n) is 6.86. The number of pyridine rings is 1. The first kappa shape index (κ1) is 20.5. The van der Waals surface area contributed by atoms with E-state index >= 15 is 0 Å². The van der Waals surface area contributed by atoms with E-state index in [2.05, 4.69) is 10.3 Å². The molecule has 0 atom stereocenters. The first-order valence-electron chi connectivity index (χ1n) is 9.53. The second-order valence-corrected chi connectivity index (χ2v) is 6.86. The van der Waals surface area contributed by atoms with E-state index in [1.165, 1.54) is 31.5 Å². The second kappa shape index (κ2) is 8.52. The summed E-state index contributed by atoms with van der Waals surface area (Å²) >= 11 is 0. The third-order valence-electron chi connectivity index (χ3n) is 5.05. The van der Waals surface area contributed by atoms with Crippen LogP contribution in [0.4, 0.5) is 27.1 Å². The number of hydrogen-bond donors (Lipinski definition) is 1. The molecule has 1 fully saturated rings. The van der Waals surface area contributed by atoms with E-state index in [4.69, 9.17) is 9.47 Å². The average molecular weight is 426 g/mol. The standard InChI is InChI=1S/C21H19FN4O5/c1-30-21(27)15-11-13(25-7-9-31-10-8-25)12-18(20(15)26(28)29)24-17-5-6-23-19-14(17)3-2-4-16(19)22/h2-6,11-12H,7-10H2,1H3,(H,23,24). The minimum Gasteiger partial charge on any atom is -0.465 e. The fourth-order valence-corrected chi connectivity index (χ4v) is 3.57. The van der Waals surface area contributed by atoms with Gasteiger partial charge in [0.2, 0.25) is 0 Å². The van der Waals surface area contributed by atoms with Crippen molar-refractivity contribution in [1.82, 2.24) is 4.98 Å². The highest BCUT2D eigenvalue weighted by Crippen LogP contribution is 2.38. The molecule has 0 radical (unpaired) electrons. The summed E-state index contributed by atoms with van der Waals surface area (Å²) in [6.07, 6.45) is 1.41. The van der Waals surface area contributed by atoms with Gasteiger partial charge in [0.05, 0.1) is 25.2 Å². The quantitative estimate of drug-likeness (QED) is 0.374. The molecule has 0 aliphatic carbocycles. The molecular weight excluding hydrogens is 407 g/mol. The molecule has 2 aromatic carbocycles. The summed E-state index contributed by atoms with van der Waals surface area (Å²) in [5.74, 6) is -1.33. The number of nitro groups is 1. The number of aromatic nitrogens is 1. The summed E-state index contributed by atoms with van der Waals surface area (Å²) in [5.41, 5.74) is 0.650. The molecule has 2 heterocycles. The van der Waals surface area contributed by atoms with Crippen molar-refractivity contribution < 1.29 is 23.6 Å². The Balaban J connectivity index is 1.88. The van der Waals surface area contributed by atoms with Crippen LogP contribution in [0.5, 0.6) is 0 Å². The van der Waals surface area contributed by atoms with Gasteiger partial charge in [-0.1, -0.05) is 12.1 Å². The number of benzene rings is 2. The van der Waals surface area contributed by atoms with Crippen LogP contribution < -0.4 is 10.2 Å². The van der Waals surface area contributed by atoms with Crippen LogP contribution in [0, 0.1) is 15.9 Å². The van der Waals surface area contributed by atoms with Crippen molar-refractivity contribution in [3.05, 3.63) is 64.1 Å². The minimum absolute atomic E-state index is 0.0890. The largest absolute Gasteiger partial charge is 0.465 e. The molecular formula is C21H19FN4O5. The Hall–Kier alpha value is -3.79. The van der Waals surface area contributed by atoms with E-state index in [1.807, 2.05) is 4.90 Å². The summed E-state index contributed by atoms with van der Waals surface area (Å²) in [6, 6.07) is 9.11. The highest BCUT2D eigenvalue weighted by atomic mass is 19.1. The van der Waals surface area contributed by atoms with Crippen molar-refractivity contribution in [3.63, 3.8) is 0 Å². The predicted molar refractivity (Wildman–Crippen MR) is 112 cm³/mol. The van der Waals surface area contributed by atoms with Gasteiger partial charge in [0.25, 0.3) is 0 Å². The van der Waals surface area contributed by atoms with E-state index in [1.54, 1.807) is 18.2 Å². The van der Waals surface area contributed by atoms with Crippen LogP contribution in [-0.4, -0.2) is 49.3 Å². The molecule has 3 aromatic rings. The first-order chi connectivity index (χ1) is 15.0. The molecule has 0 bridgehead atoms. The van der Waals surface area contributed by atoms with E-state index in [0.717, 1.165) is 0 Å². The molecule has 10 heteroatoms. The van der Waals surface area contributed by atoms with Gasteiger partial charge in [-0.05, 0) is 24.3 Å². The number of nitrogens with one attached hydrogen (secondary N) is 1. The average Bonchev–Trinajstić information content (AvgIpc) is 2.79. The Morgan fingerprint density at radius 1 is 1.26 bits per heavy atom. The molecule has 1 aliphatic rings. The fraction of sp³-hybridized carbons (Fsp3) is 0.238. The lowest BCUT2D eigenvalue weighted by atomic mass is 10.1. The Bertz CT molecular complexity index is 1160. The van der Waals surface area contributed by atoms with E-state index in [0.29, 0.717) is 43.1 Å². The number of anilines is 3. The smallest absolute Gasteiger partial charge is 0.345 e. The molecule has 1 N–H and O–H groups in total. The Morgan fingerprint density at radius 3 is 2.74 bits per heavy atom. The van der Waals surface area contributed by atoms with Gasteiger partial charge in [-0.25, -0.2) is 9.18 Å². The van der Waals surface area contributed by atoms with Crippen molar-refractivity contribution in [2.24, 2.45) is 0 Å². The van der Waals surface area contributed by atoms with Crippen molar-refractivity contribution >= 4 is 39.6 Å². The highest BCUT2D eigenvalue weighted by molar-refractivity contribution is 6.00. The van der Waals surface area contributed by atoms with Gasteiger partial charge >= 0.3 is 11.7 Å². The molecule has 1 aromatic heterocycles. The van der Waals surface area contributed by atoms with Crippen LogP contribution in [0.3, 0.4) is 0 Å². The Labute approximate surface area is 176 Å². The van der Waals surface area contributed by atoms with Crippen LogP contribution in [0.25, 0.3) is 10.9 Å². The van der Waals surface area contributed by atoms with Crippen LogP contribution >= 0.6 is 0 Å². The number of nitrogens with zero attached hydrogens (tertiary/aromatic N) is 3. The van der Waals surface area contributed by atoms with E-state index in [-0.39, 0.29) is 16.8 Å². The number of halogens is 1. The van der Waals surface area contributed by atoms with Gasteiger partial charge in [0.1, 0.15) is 22.6 Å². The number of nitro benzene ring substituents is 1. The number of carbonyl (C=O) groups is 1. The topological polar surface area (TPSA) is 107 Å². The lowest BCUT2D eigenvalue weighted by Crippen LogP contribution is -2.36. The van der Waals surface area contributed by atoms with Crippen LogP contribution in [0.2, 0.25) is 0 Å². The SMILES string of the molecule is COC(=O)c1cc(N2CCOCC2)cc(Nc2ccnc3c(F)cccc23)c1[N+](=O)[O-]. The summed E-state index contributed by atoms with van der Waals surface area (Å²) in [5, 5.41) is 15.4. The molecule has 0 spiro atoms. The molecule has 0 saturated carbocycles. The van der Waals surface area contributed by atoms with Crippen molar-refractivity contribution in [2.75, 3.05) is 43.6 Å². The number of morpholine rings is 1. The van der Waals surface area contributed by atoms with E-state index in [9.17, 15) is 19.3 Å². The summed E-state index contributed by atoms with van der Waals surface area (Å²) in [7, 11) is 1.17. The lowest BCUT2D eigenvalue weighted by Gasteiger charge is -2.29. The fourth-order valence-electron chi connectivity index (χ4n) is 3.57. The molecule has 0 amide bonds. The van der Waals surface area contributed by atoms with Gasteiger partial charge in [-0.15, -0.1) is 0 Å². The van der Waals surface area contributed by atoms with Gasteiger partial charge in [0, 0.05) is 36.0 Å². The van der Waals surface area contributed by atoms with Crippen LogP contribution in [0.15, 0.2) is 42.6 Å². The molecule has 4 rings (SSSR count). The summed E-state index contributed by atoms with van der Waals surface area (Å²) in [4.78, 5) is 29.7. The maximum Gasteiger partial charge on any atom is 0.345 e. The maximum atomic E-state index is 14.2. The lowest BCUT2D eigenvalue weighted by molar-refractivity contribution is -0.384.